The number of thiazole rings is 1. The molecule has 0 radical (unpaired) electrons. The lowest BCUT2D eigenvalue weighted by atomic mass is 9.87. The van der Waals surface area contributed by atoms with Crippen molar-refractivity contribution in [3.63, 3.8) is 0 Å². The predicted octanol–water partition coefficient (Wildman–Crippen LogP) is 3.60. The van der Waals surface area contributed by atoms with Crippen molar-refractivity contribution in [3.05, 3.63) is 10.0 Å². The summed E-state index contributed by atoms with van der Waals surface area (Å²) < 4.78 is 4.70. The van der Waals surface area contributed by atoms with Crippen LogP contribution in [0.1, 0.15) is 42.3 Å². The lowest BCUT2D eigenvalue weighted by Crippen LogP contribution is -2.34. The number of carbonyl (C=O) groups excluding carboxylic acids is 1. The molecule has 0 unspecified atom stereocenters. The summed E-state index contributed by atoms with van der Waals surface area (Å²) in [5.41, 5.74) is 0. The average Bonchev–Trinajstić information content (AvgIpc) is 2.80. The van der Waals surface area contributed by atoms with Gasteiger partial charge >= 0.3 is 5.97 Å². The number of ether oxygens (including phenoxy) is 1. The van der Waals surface area contributed by atoms with Gasteiger partial charge in [0.15, 0.2) is 15.2 Å². The molecule has 1 saturated carbocycles. The van der Waals surface area contributed by atoms with Crippen molar-refractivity contribution in [3.8, 4) is 0 Å². The summed E-state index contributed by atoms with van der Waals surface area (Å²) in [5, 5.41) is 1.04. The van der Waals surface area contributed by atoms with Crippen molar-refractivity contribution in [1.29, 1.82) is 0 Å². The molecule has 4 nitrogen and oxygen atoms in total. The number of carbonyl (C=O) groups is 1. The van der Waals surface area contributed by atoms with Crippen molar-refractivity contribution < 1.29 is 9.53 Å². The number of methoxy groups -OCH3 is 1. The first-order valence-corrected chi connectivity index (χ1v) is 7.69. The fraction of sp³-hybridized carbons (Fsp3) is 0.692. The Kier molecular flexibility index (Phi) is 4.68. The molecule has 0 aromatic carbocycles. The van der Waals surface area contributed by atoms with Crippen LogP contribution >= 0.6 is 22.9 Å². The maximum Gasteiger partial charge on any atom is 0.351 e. The van der Waals surface area contributed by atoms with E-state index in [-0.39, 0.29) is 5.15 Å². The standard InChI is InChI=1S/C13H19ClN2O2S/c1-8-4-6-9(7-5-8)16(2)13-15-11(14)10(19-13)12(17)18-3/h8-9H,4-7H2,1-3H3. The molecule has 1 aliphatic rings. The van der Waals surface area contributed by atoms with E-state index in [4.69, 9.17) is 16.3 Å². The Hall–Kier alpha value is -0.810. The Labute approximate surface area is 122 Å². The molecule has 0 spiro atoms. The number of rotatable bonds is 3. The SMILES string of the molecule is COC(=O)c1sc(N(C)C2CCC(C)CC2)nc1Cl. The van der Waals surface area contributed by atoms with Crippen molar-refractivity contribution in [1.82, 2.24) is 4.98 Å². The van der Waals surface area contributed by atoms with Gasteiger partial charge in [0.05, 0.1) is 7.11 Å². The van der Waals surface area contributed by atoms with Gasteiger partial charge in [-0.1, -0.05) is 29.9 Å². The third-order valence-electron chi connectivity index (χ3n) is 3.78. The molecule has 1 aliphatic carbocycles. The minimum Gasteiger partial charge on any atom is -0.465 e. The van der Waals surface area contributed by atoms with Crippen LogP contribution in [-0.2, 0) is 4.74 Å². The molecule has 1 aromatic heterocycles. The lowest BCUT2D eigenvalue weighted by molar-refractivity contribution is 0.0606. The topological polar surface area (TPSA) is 42.4 Å². The van der Waals surface area contributed by atoms with Gasteiger partial charge in [-0.05, 0) is 31.6 Å². The van der Waals surface area contributed by atoms with Gasteiger partial charge in [0, 0.05) is 13.1 Å². The fourth-order valence-corrected chi connectivity index (χ4v) is 3.68. The van der Waals surface area contributed by atoms with E-state index < -0.39 is 5.97 Å². The molecule has 0 aliphatic heterocycles. The van der Waals surface area contributed by atoms with Crippen molar-refractivity contribution in [2.75, 3.05) is 19.1 Å². The summed E-state index contributed by atoms with van der Waals surface area (Å²) in [4.78, 5) is 18.3. The van der Waals surface area contributed by atoms with E-state index in [0.717, 1.165) is 11.0 Å². The quantitative estimate of drug-likeness (QED) is 0.800. The highest BCUT2D eigenvalue weighted by Gasteiger charge is 2.26. The molecular formula is C13H19ClN2O2S. The van der Waals surface area contributed by atoms with Crippen LogP contribution in [0.25, 0.3) is 0 Å². The Morgan fingerprint density at radius 2 is 2.05 bits per heavy atom. The third kappa shape index (κ3) is 3.20. The molecule has 106 valence electrons. The normalized spacial score (nSPS) is 23.2. The second-order valence-electron chi connectivity index (χ2n) is 5.13. The molecular weight excluding hydrogens is 284 g/mol. The van der Waals surface area contributed by atoms with Crippen LogP contribution in [0.4, 0.5) is 5.13 Å². The highest BCUT2D eigenvalue weighted by molar-refractivity contribution is 7.18. The van der Waals surface area contributed by atoms with Crippen LogP contribution in [0, 0.1) is 5.92 Å². The van der Waals surface area contributed by atoms with Gasteiger partial charge < -0.3 is 9.64 Å². The Balaban J connectivity index is 2.11. The van der Waals surface area contributed by atoms with Crippen molar-refractivity contribution >= 4 is 34.0 Å². The van der Waals surface area contributed by atoms with E-state index in [2.05, 4.69) is 16.8 Å². The number of aromatic nitrogens is 1. The Morgan fingerprint density at radius 1 is 1.42 bits per heavy atom. The van der Waals surface area contributed by atoms with Crippen LogP contribution in [0.5, 0.6) is 0 Å². The van der Waals surface area contributed by atoms with Gasteiger partial charge in [-0.25, -0.2) is 9.78 Å². The molecule has 0 bridgehead atoms. The van der Waals surface area contributed by atoms with E-state index in [9.17, 15) is 4.79 Å². The van der Waals surface area contributed by atoms with Gasteiger partial charge in [0.25, 0.3) is 0 Å². The predicted molar refractivity (Wildman–Crippen MR) is 78.3 cm³/mol. The lowest BCUT2D eigenvalue weighted by Gasteiger charge is -2.33. The van der Waals surface area contributed by atoms with Gasteiger partial charge in [0.2, 0.25) is 0 Å². The maximum absolute atomic E-state index is 11.5. The highest BCUT2D eigenvalue weighted by atomic mass is 35.5. The molecule has 0 N–H and O–H groups in total. The van der Waals surface area contributed by atoms with E-state index in [1.807, 2.05) is 7.05 Å². The molecule has 0 atom stereocenters. The van der Waals surface area contributed by atoms with Crippen LogP contribution in [0.2, 0.25) is 5.15 Å². The number of esters is 1. The second-order valence-corrected chi connectivity index (χ2v) is 6.47. The van der Waals surface area contributed by atoms with Crippen LogP contribution in [0.15, 0.2) is 0 Å². The van der Waals surface area contributed by atoms with Crippen molar-refractivity contribution in [2.45, 2.75) is 38.6 Å². The number of hydrogen-bond acceptors (Lipinski definition) is 5. The Morgan fingerprint density at radius 3 is 2.63 bits per heavy atom. The van der Waals surface area contributed by atoms with Crippen LogP contribution in [0.3, 0.4) is 0 Å². The summed E-state index contributed by atoms with van der Waals surface area (Å²) in [7, 11) is 3.38. The molecule has 2 rings (SSSR count). The number of nitrogens with zero attached hydrogens (tertiary/aromatic N) is 2. The third-order valence-corrected chi connectivity index (χ3v) is 5.29. The highest BCUT2D eigenvalue weighted by Crippen LogP contribution is 2.34. The largest absolute Gasteiger partial charge is 0.465 e. The number of hydrogen-bond donors (Lipinski definition) is 0. The first kappa shape index (κ1) is 14.6. The van der Waals surface area contributed by atoms with Crippen LogP contribution < -0.4 is 4.90 Å². The minimum absolute atomic E-state index is 0.239. The zero-order chi connectivity index (χ0) is 14.0. The Bertz CT molecular complexity index is 455. The second kappa shape index (κ2) is 6.09. The summed E-state index contributed by atoms with van der Waals surface area (Å²) in [6.45, 7) is 2.30. The molecule has 0 amide bonds. The fourth-order valence-electron chi connectivity index (χ4n) is 2.45. The zero-order valence-corrected chi connectivity index (χ0v) is 13.1. The zero-order valence-electron chi connectivity index (χ0n) is 11.5. The molecule has 1 heterocycles. The van der Waals surface area contributed by atoms with Crippen LogP contribution in [-0.4, -0.2) is 31.2 Å². The van der Waals surface area contributed by atoms with Gasteiger partial charge in [-0.15, -0.1) is 0 Å². The first-order valence-electron chi connectivity index (χ1n) is 6.50. The maximum atomic E-state index is 11.5. The molecule has 1 fully saturated rings. The molecule has 6 heteroatoms. The van der Waals surface area contributed by atoms with Gasteiger partial charge in [-0.2, -0.15) is 0 Å². The van der Waals surface area contributed by atoms with Gasteiger partial charge in [0.1, 0.15) is 0 Å². The summed E-state index contributed by atoms with van der Waals surface area (Å²) in [6, 6.07) is 0.490. The first-order chi connectivity index (χ1) is 9.02. The van der Waals surface area contributed by atoms with E-state index in [1.54, 1.807) is 0 Å². The monoisotopic (exact) mass is 302 g/mol. The smallest absolute Gasteiger partial charge is 0.351 e. The molecule has 19 heavy (non-hydrogen) atoms. The number of halogens is 1. The number of anilines is 1. The van der Waals surface area contributed by atoms with E-state index in [1.165, 1.54) is 44.1 Å². The summed E-state index contributed by atoms with van der Waals surface area (Å²) in [5.74, 6) is 0.398. The van der Waals surface area contributed by atoms with Gasteiger partial charge in [-0.3, -0.25) is 0 Å². The molecule has 0 saturated heterocycles. The molecule has 1 aromatic rings. The average molecular weight is 303 g/mol. The van der Waals surface area contributed by atoms with Crippen molar-refractivity contribution in [2.24, 2.45) is 5.92 Å². The summed E-state index contributed by atoms with van der Waals surface area (Å²) in [6.07, 6.45) is 4.83. The minimum atomic E-state index is -0.417. The van der Waals surface area contributed by atoms with E-state index >= 15 is 0 Å². The van der Waals surface area contributed by atoms with E-state index in [0.29, 0.717) is 10.9 Å². The summed E-state index contributed by atoms with van der Waals surface area (Å²) >= 11 is 7.30.